The van der Waals surface area contributed by atoms with E-state index in [0.717, 1.165) is 36.5 Å². The number of aliphatic hydroxyl groups is 1. The maximum Gasteiger partial charge on any atom is 0.0580 e. The highest BCUT2D eigenvalue weighted by atomic mass is 16.3. The molecule has 0 spiro atoms. The topological polar surface area (TPSA) is 20.2 Å². The summed E-state index contributed by atoms with van der Waals surface area (Å²) in [6.07, 6.45) is 13.2. The molecule has 3 unspecified atom stereocenters. The molecule has 6 atom stereocenters. The SMILES string of the molecule is CC[C@H]1CCC2C3CCC4=C(CC[C@H](O)C4)C3CC[C@@]21C. The summed E-state index contributed by atoms with van der Waals surface area (Å²) in [5.41, 5.74) is 4.14. The second-order valence-corrected chi connectivity index (χ2v) is 8.67. The van der Waals surface area contributed by atoms with Gasteiger partial charge < -0.3 is 5.11 Å². The Balaban J connectivity index is 1.62. The third-order valence-electron chi connectivity index (χ3n) is 8.04. The van der Waals surface area contributed by atoms with Gasteiger partial charge in [0.25, 0.3) is 0 Å². The first kappa shape index (κ1) is 14.3. The van der Waals surface area contributed by atoms with Gasteiger partial charge >= 0.3 is 0 Å². The molecule has 0 aromatic rings. The summed E-state index contributed by atoms with van der Waals surface area (Å²) in [6, 6.07) is 0. The molecule has 4 aliphatic rings. The Morgan fingerprint density at radius 1 is 1.10 bits per heavy atom. The van der Waals surface area contributed by atoms with Crippen molar-refractivity contribution in [3.63, 3.8) is 0 Å². The van der Waals surface area contributed by atoms with Gasteiger partial charge in [0.05, 0.1) is 6.10 Å². The molecule has 0 amide bonds. The van der Waals surface area contributed by atoms with E-state index in [9.17, 15) is 5.11 Å². The summed E-state index contributed by atoms with van der Waals surface area (Å²) in [5.74, 6) is 3.87. The smallest absolute Gasteiger partial charge is 0.0580 e. The van der Waals surface area contributed by atoms with Crippen LogP contribution in [0.3, 0.4) is 0 Å². The number of aliphatic hydroxyl groups excluding tert-OH is 1. The molecule has 4 aliphatic carbocycles. The Labute approximate surface area is 130 Å². The van der Waals surface area contributed by atoms with Crippen LogP contribution in [-0.4, -0.2) is 11.2 Å². The van der Waals surface area contributed by atoms with E-state index in [-0.39, 0.29) is 6.10 Å². The fraction of sp³-hybridized carbons (Fsp3) is 0.900. The molecular formula is C20H32O. The van der Waals surface area contributed by atoms with Crippen molar-refractivity contribution in [1.29, 1.82) is 0 Å². The third-order valence-corrected chi connectivity index (χ3v) is 8.04. The first-order chi connectivity index (χ1) is 10.1. The molecule has 0 aliphatic heterocycles. The van der Waals surface area contributed by atoms with Crippen LogP contribution in [0.5, 0.6) is 0 Å². The lowest BCUT2D eigenvalue weighted by Crippen LogP contribution is -2.44. The standard InChI is InChI=1S/C20H32O/c1-3-14-5-9-19-18-7-4-13-12-15(21)6-8-16(13)17(18)10-11-20(14,19)2/h14-15,17-19,21H,3-12H2,1-2H3/t14-,15-,17?,18?,19?,20+/m0/s1. The highest BCUT2D eigenvalue weighted by Crippen LogP contribution is 2.63. The van der Waals surface area contributed by atoms with Gasteiger partial charge in [-0.1, -0.05) is 31.4 Å². The zero-order chi connectivity index (χ0) is 14.6. The molecule has 2 fully saturated rings. The molecule has 0 bridgehead atoms. The Morgan fingerprint density at radius 2 is 1.95 bits per heavy atom. The van der Waals surface area contributed by atoms with E-state index in [4.69, 9.17) is 0 Å². The van der Waals surface area contributed by atoms with Crippen LogP contribution in [0.1, 0.15) is 78.1 Å². The Kier molecular flexibility index (Phi) is 3.48. The van der Waals surface area contributed by atoms with Gasteiger partial charge in [0.1, 0.15) is 0 Å². The van der Waals surface area contributed by atoms with Crippen LogP contribution in [0.4, 0.5) is 0 Å². The van der Waals surface area contributed by atoms with E-state index in [0.29, 0.717) is 5.41 Å². The minimum absolute atomic E-state index is 0.0369. The molecule has 1 nitrogen and oxygen atoms in total. The van der Waals surface area contributed by atoms with E-state index in [1.165, 1.54) is 51.4 Å². The van der Waals surface area contributed by atoms with Gasteiger partial charge in [0, 0.05) is 0 Å². The van der Waals surface area contributed by atoms with Crippen molar-refractivity contribution in [1.82, 2.24) is 0 Å². The van der Waals surface area contributed by atoms with Crippen molar-refractivity contribution in [2.45, 2.75) is 84.2 Å². The fourth-order valence-corrected chi connectivity index (χ4v) is 6.97. The Morgan fingerprint density at radius 3 is 2.76 bits per heavy atom. The predicted octanol–water partition coefficient (Wildman–Crippen LogP) is 5.09. The van der Waals surface area contributed by atoms with E-state index in [2.05, 4.69) is 13.8 Å². The molecule has 0 heterocycles. The number of hydrogen-bond donors (Lipinski definition) is 1. The summed E-state index contributed by atoms with van der Waals surface area (Å²) in [4.78, 5) is 0. The molecule has 4 rings (SSSR count). The van der Waals surface area contributed by atoms with Crippen molar-refractivity contribution in [2.24, 2.45) is 29.1 Å². The predicted molar refractivity (Wildman–Crippen MR) is 86.9 cm³/mol. The molecule has 0 saturated heterocycles. The van der Waals surface area contributed by atoms with Gasteiger partial charge in [0.2, 0.25) is 0 Å². The second kappa shape index (κ2) is 5.11. The molecule has 1 heteroatoms. The Hall–Kier alpha value is -0.300. The average Bonchev–Trinajstić information content (AvgIpc) is 2.83. The van der Waals surface area contributed by atoms with Gasteiger partial charge in [-0.25, -0.2) is 0 Å². The number of fused-ring (bicyclic) bond motifs is 4. The van der Waals surface area contributed by atoms with Crippen LogP contribution in [-0.2, 0) is 0 Å². The average molecular weight is 288 g/mol. The maximum atomic E-state index is 9.97. The molecular weight excluding hydrogens is 256 g/mol. The summed E-state index contributed by atoms with van der Waals surface area (Å²) < 4.78 is 0. The van der Waals surface area contributed by atoms with Crippen molar-refractivity contribution in [3.8, 4) is 0 Å². The molecule has 118 valence electrons. The maximum absolute atomic E-state index is 9.97. The first-order valence-corrected chi connectivity index (χ1v) is 9.52. The van der Waals surface area contributed by atoms with Gasteiger partial charge in [-0.3, -0.25) is 0 Å². The molecule has 21 heavy (non-hydrogen) atoms. The number of hydrogen-bond acceptors (Lipinski definition) is 1. The summed E-state index contributed by atoms with van der Waals surface area (Å²) in [7, 11) is 0. The van der Waals surface area contributed by atoms with Crippen LogP contribution in [0.15, 0.2) is 11.1 Å². The van der Waals surface area contributed by atoms with Crippen LogP contribution < -0.4 is 0 Å². The number of allylic oxidation sites excluding steroid dienone is 1. The van der Waals surface area contributed by atoms with E-state index in [1.54, 1.807) is 5.57 Å². The summed E-state index contributed by atoms with van der Waals surface area (Å²) in [5, 5.41) is 9.97. The number of rotatable bonds is 1. The fourth-order valence-electron chi connectivity index (χ4n) is 6.97. The quantitative estimate of drug-likeness (QED) is 0.666. The van der Waals surface area contributed by atoms with Gasteiger partial charge in [-0.15, -0.1) is 0 Å². The highest BCUT2D eigenvalue weighted by Gasteiger charge is 2.54. The summed E-state index contributed by atoms with van der Waals surface area (Å²) in [6.45, 7) is 5.04. The summed E-state index contributed by atoms with van der Waals surface area (Å²) >= 11 is 0. The molecule has 2 saturated carbocycles. The molecule has 1 N–H and O–H groups in total. The van der Waals surface area contributed by atoms with E-state index >= 15 is 0 Å². The van der Waals surface area contributed by atoms with Crippen LogP contribution in [0.2, 0.25) is 0 Å². The lowest BCUT2D eigenvalue weighted by Gasteiger charge is -2.52. The van der Waals surface area contributed by atoms with Gasteiger partial charge in [-0.2, -0.15) is 0 Å². The van der Waals surface area contributed by atoms with E-state index < -0.39 is 0 Å². The Bertz CT molecular complexity index is 451. The van der Waals surface area contributed by atoms with Gasteiger partial charge in [-0.05, 0) is 86.9 Å². The van der Waals surface area contributed by atoms with Crippen molar-refractivity contribution < 1.29 is 5.11 Å². The van der Waals surface area contributed by atoms with Crippen molar-refractivity contribution in [2.75, 3.05) is 0 Å². The molecule has 0 aromatic carbocycles. The van der Waals surface area contributed by atoms with E-state index in [1.807, 2.05) is 5.57 Å². The largest absolute Gasteiger partial charge is 0.393 e. The zero-order valence-corrected chi connectivity index (χ0v) is 13.9. The molecule has 0 aromatic heterocycles. The first-order valence-electron chi connectivity index (χ1n) is 9.52. The van der Waals surface area contributed by atoms with Gasteiger partial charge in [0.15, 0.2) is 0 Å². The minimum Gasteiger partial charge on any atom is -0.393 e. The van der Waals surface area contributed by atoms with Crippen LogP contribution in [0.25, 0.3) is 0 Å². The highest BCUT2D eigenvalue weighted by molar-refractivity contribution is 5.27. The lowest BCUT2D eigenvalue weighted by atomic mass is 9.53. The zero-order valence-electron chi connectivity index (χ0n) is 13.9. The normalized spacial score (nSPS) is 49.6. The van der Waals surface area contributed by atoms with Crippen molar-refractivity contribution in [3.05, 3.63) is 11.1 Å². The van der Waals surface area contributed by atoms with Crippen LogP contribution >= 0.6 is 0 Å². The van der Waals surface area contributed by atoms with Crippen molar-refractivity contribution >= 4 is 0 Å². The molecule has 0 radical (unpaired) electrons. The third kappa shape index (κ3) is 2.06. The van der Waals surface area contributed by atoms with Crippen LogP contribution in [0, 0.1) is 29.1 Å². The minimum atomic E-state index is -0.0369. The monoisotopic (exact) mass is 288 g/mol. The lowest BCUT2D eigenvalue weighted by molar-refractivity contribution is 0.00971. The second-order valence-electron chi connectivity index (χ2n) is 8.67.